The number of carbonyl (C=O) groups is 1. The third-order valence-corrected chi connectivity index (χ3v) is 3.18. The van der Waals surface area contributed by atoms with Crippen LogP contribution in [0.1, 0.15) is 29.8 Å². The van der Waals surface area contributed by atoms with Crippen LogP contribution in [0, 0.1) is 5.82 Å². The van der Waals surface area contributed by atoms with Crippen LogP contribution in [0.2, 0.25) is 0 Å². The molecule has 118 valence electrons. The Morgan fingerprint density at radius 2 is 1.95 bits per heavy atom. The first-order valence-corrected chi connectivity index (χ1v) is 6.48. The van der Waals surface area contributed by atoms with E-state index in [4.69, 9.17) is 0 Å². The van der Waals surface area contributed by atoms with E-state index in [1.54, 1.807) is 0 Å². The SMILES string of the molecule is CC(C)N(C)CCNC(=O)c1cccc(C(F)(F)F)c1F. The molecule has 0 aliphatic heterocycles. The van der Waals surface area contributed by atoms with Crippen molar-refractivity contribution in [3.63, 3.8) is 0 Å². The minimum atomic E-state index is -4.82. The summed E-state index contributed by atoms with van der Waals surface area (Å²) in [6, 6.07) is 2.93. The van der Waals surface area contributed by atoms with Gasteiger partial charge in [0, 0.05) is 19.1 Å². The topological polar surface area (TPSA) is 32.3 Å². The normalized spacial score (nSPS) is 12.0. The Morgan fingerprint density at radius 1 is 1.33 bits per heavy atom. The van der Waals surface area contributed by atoms with E-state index in [-0.39, 0.29) is 12.6 Å². The van der Waals surface area contributed by atoms with E-state index in [1.165, 1.54) is 0 Å². The molecule has 21 heavy (non-hydrogen) atoms. The van der Waals surface area contributed by atoms with E-state index >= 15 is 0 Å². The highest BCUT2D eigenvalue weighted by molar-refractivity contribution is 5.94. The summed E-state index contributed by atoms with van der Waals surface area (Å²) in [4.78, 5) is 13.7. The Kier molecular flexibility index (Phi) is 5.71. The van der Waals surface area contributed by atoms with Gasteiger partial charge in [-0.15, -0.1) is 0 Å². The lowest BCUT2D eigenvalue weighted by Gasteiger charge is -2.21. The summed E-state index contributed by atoms with van der Waals surface area (Å²) in [7, 11) is 1.85. The highest BCUT2D eigenvalue weighted by Gasteiger charge is 2.35. The Hall–Kier alpha value is -1.63. The molecule has 0 spiro atoms. The van der Waals surface area contributed by atoms with Crippen molar-refractivity contribution in [3.8, 4) is 0 Å². The molecule has 0 aromatic heterocycles. The fraction of sp³-hybridized carbons (Fsp3) is 0.500. The van der Waals surface area contributed by atoms with Crippen LogP contribution in [0.5, 0.6) is 0 Å². The van der Waals surface area contributed by atoms with Crippen LogP contribution in [0.15, 0.2) is 18.2 Å². The molecule has 1 amide bonds. The molecule has 1 rings (SSSR count). The largest absolute Gasteiger partial charge is 0.419 e. The highest BCUT2D eigenvalue weighted by atomic mass is 19.4. The van der Waals surface area contributed by atoms with Crippen molar-refractivity contribution in [1.29, 1.82) is 0 Å². The molecule has 7 heteroatoms. The Balaban J connectivity index is 2.76. The third kappa shape index (κ3) is 4.70. The van der Waals surface area contributed by atoms with Gasteiger partial charge in [0.1, 0.15) is 5.82 Å². The van der Waals surface area contributed by atoms with Gasteiger partial charge >= 0.3 is 6.18 Å². The van der Waals surface area contributed by atoms with Crippen LogP contribution in [-0.2, 0) is 6.18 Å². The molecule has 0 aliphatic carbocycles. The fourth-order valence-electron chi connectivity index (χ4n) is 1.63. The van der Waals surface area contributed by atoms with Crippen LogP contribution < -0.4 is 5.32 Å². The number of hydrogen-bond acceptors (Lipinski definition) is 2. The molecule has 0 fully saturated rings. The average Bonchev–Trinajstić information content (AvgIpc) is 2.37. The maximum Gasteiger partial charge on any atom is 0.419 e. The number of carbonyl (C=O) groups excluding carboxylic acids is 1. The summed E-state index contributed by atoms with van der Waals surface area (Å²) in [5.41, 5.74) is -2.04. The lowest BCUT2D eigenvalue weighted by atomic mass is 10.1. The maximum atomic E-state index is 13.7. The predicted octanol–water partition coefficient (Wildman–Crippen LogP) is 2.91. The summed E-state index contributed by atoms with van der Waals surface area (Å²) in [5, 5.41) is 2.42. The molecule has 1 aromatic rings. The van der Waals surface area contributed by atoms with Gasteiger partial charge < -0.3 is 10.2 Å². The lowest BCUT2D eigenvalue weighted by molar-refractivity contribution is -0.140. The summed E-state index contributed by atoms with van der Waals surface area (Å²) in [5.74, 6) is -2.39. The summed E-state index contributed by atoms with van der Waals surface area (Å²) < 4.78 is 51.4. The van der Waals surface area contributed by atoms with Crippen molar-refractivity contribution in [2.24, 2.45) is 0 Å². The number of benzene rings is 1. The molecular weight excluding hydrogens is 288 g/mol. The zero-order valence-corrected chi connectivity index (χ0v) is 12.1. The number of nitrogens with zero attached hydrogens (tertiary/aromatic N) is 1. The van der Waals surface area contributed by atoms with Crippen LogP contribution in [0.3, 0.4) is 0 Å². The lowest BCUT2D eigenvalue weighted by Crippen LogP contribution is -2.36. The monoisotopic (exact) mass is 306 g/mol. The van der Waals surface area contributed by atoms with Crippen molar-refractivity contribution >= 4 is 5.91 Å². The van der Waals surface area contributed by atoms with Gasteiger partial charge in [-0.1, -0.05) is 6.07 Å². The van der Waals surface area contributed by atoms with Gasteiger partial charge in [0.15, 0.2) is 0 Å². The third-order valence-electron chi connectivity index (χ3n) is 3.18. The van der Waals surface area contributed by atoms with Crippen LogP contribution in [0.4, 0.5) is 17.6 Å². The van der Waals surface area contributed by atoms with Crippen molar-refractivity contribution in [2.75, 3.05) is 20.1 Å². The van der Waals surface area contributed by atoms with E-state index in [9.17, 15) is 22.4 Å². The molecule has 0 bridgehead atoms. The molecule has 0 saturated heterocycles. The number of halogens is 4. The number of nitrogens with one attached hydrogen (secondary N) is 1. The van der Waals surface area contributed by atoms with Gasteiger partial charge in [0.2, 0.25) is 0 Å². The van der Waals surface area contributed by atoms with Gasteiger partial charge in [-0.25, -0.2) is 4.39 Å². The summed E-state index contributed by atoms with van der Waals surface area (Å²) in [6.45, 7) is 4.68. The minimum Gasteiger partial charge on any atom is -0.351 e. The first-order chi connectivity index (χ1) is 9.64. The van der Waals surface area contributed by atoms with Crippen molar-refractivity contribution in [2.45, 2.75) is 26.1 Å². The molecule has 1 aromatic carbocycles. The summed E-state index contributed by atoms with van der Waals surface area (Å²) in [6.07, 6.45) is -4.82. The first-order valence-electron chi connectivity index (χ1n) is 6.48. The fourth-order valence-corrected chi connectivity index (χ4v) is 1.63. The molecule has 0 saturated carbocycles. The van der Waals surface area contributed by atoms with E-state index in [0.717, 1.165) is 12.1 Å². The number of hydrogen-bond donors (Lipinski definition) is 1. The molecule has 0 unspecified atom stereocenters. The van der Waals surface area contributed by atoms with Gasteiger partial charge in [0.05, 0.1) is 11.1 Å². The molecular formula is C14H18F4N2O. The Bertz CT molecular complexity index is 500. The first kappa shape index (κ1) is 17.4. The van der Waals surface area contributed by atoms with E-state index < -0.39 is 29.0 Å². The van der Waals surface area contributed by atoms with E-state index in [2.05, 4.69) is 5.32 Å². The smallest absolute Gasteiger partial charge is 0.351 e. The molecule has 3 nitrogen and oxygen atoms in total. The quantitative estimate of drug-likeness (QED) is 0.848. The van der Waals surface area contributed by atoms with Gasteiger partial charge in [-0.2, -0.15) is 13.2 Å². The second kappa shape index (κ2) is 6.89. The molecule has 0 radical (unpaired) electrons. The van der Waals surface area contributed by atoms with E-state index in [0.29, 0.717) is 12.6 Å². The van der Waals surface area contributed by atoms with Crippen molar-refractivity contribution in [1.82, 2.24) is 10.2 Å². The second-order valence-electron chi connectivity index (χ2n) is 5.00. The number of alkyl halides is 3. The number of rotatable bonds is 5. The van der Waals surface area contributed by atoms with Gasteiger partial charge in [-0.05, 0) is 33.0 Å². The zero-order valence-electron chi connectivity index (χ0n) is 12.1. The molecule has 0 aliphatic rings. The van der Waals surface area contributed by atoms with Crippen LogP contribution in [-0.4, -0.2) is 37.0 Å². The molecule has 0 atom stereocenters. The Morgan fingerprint density at radius 3 is 2.48 bits per heavy atom. The zero-order chi connectivity index (χ0) is 16.2. The number of likely N-dealkylation sites (N-methyl/N-ethyl adjacent to an activating group) is 1. The van der Waals surface area contributed by atoms with Crippen LogP contribution in [0.25, 0.3) is 0 Å². The summed E-state index contributed by atoms with van der Waals surface area (Å²) >= 11 is 0. The Labute approximate surface area is 120 Å². The van der Waals surface area contributed by atoms with Crippen molar-refractivity contribution in [3.05, 3.63) is 35.1 Å². The molecule has 1 N–H and O–H groups in total. The minimum absolute atomic E-state index is 0.225. The predicted molar refractivity (Wildman–Crippen MR) is 71.5 cm³/mol. The highest BCUT2D eigenvalue weighted by Crippen LogP contribution is 2.32. The maximum absolute atomic E-state index is 13.7. The molecule has 0 heterocycles. The van der Waals surface area contributed by atoms with Crippen LogP contribution >= 0.6 is 0 Å². The number of amides is 1. The average molecular weight is 306 g/mol. The van der Waals surface area contributed by atoms with Crippen molar-refractivity contribution < 1.29 is 22.4 Å². The van der Waals surface area contributed by atoms with Gasteiger partial charge in [-0.3, -0.25) is 4.79 Å². The standard InChI is InChI=1S/C14H18F4N2O/c1-9(2)20(3)8-7-19-13(21)10-5-4-6-11(12(10)15)14(16,17)18/h4-6,9H,7-8H2,1-3H3,(H,19,21). The van der Waals surface area contributed by atoms with E-state index in [1.807, 2.05) is 25.8 Å². The van der Waals surface area contributed by atoms with Gasteiger partial charge in [0.25, 0.3) is 5.91 Å². The second-order valence-corrected chi connectivity index (χ2v) is 5.00.